The van der Waals surface area contributed by atoms with Crippen LogP contribution in [0, 0.1) is 0 Å². The fourth-order valence-corrected chi connectivity index (χ4v) is 1.68. The van der Waals surface area contributed by atoms with Crippen LogP contribution < -0.4 is 5.56 Å². The summed E-state index contributed by atoms with van der Waals surface area (Å²) in [5, 5.41) is 0. The highest BCUT2D eigenvalue weighted by atomic mass is 16.6. The van der Waals surface area contributed by atoms with Crippen molar-refractivity contribution in [3.63, 3.8) is 0 Å². The molecule has 18 heavy (non-hydrogen) atoms. The fourth-order valence-electron chi connectivity index (χ4n) is 1.68. The molecule has 0 aliphatic carbocycles. The minimum Gasteiger partial charge on any atom is -0.444 e. The van der Waals surface area contributed by atoms with E-state index in [4.69, 9.17) is 8.85 Å². The molecule has 2 heterocycles. The zero-order valence-corrected chi connectivity index (χ0v) is 10.7. The Morgan fingerprint density at radius 3 is 2.78 bits per heavy atom. The molecule has 1 aromatic rings. The third kappa shape index (κ3) is 2.91. The van der Waals surface area contributed by atoms with Crippen LogP contribution in [0.1, 0.15) is 36.5 Å². The molecule has 1 aliphatic heterocycles. The molecular formula is C13H18N2O3. The number of hydrogen-bond acceptors (Lipinski definition) is 3. The van der Waals surface area contributed by atoms with Crippen molar-refractivity contribution in [2.45, 2.75) is 32.3 Å². The van der Waals surface area contributed by atoms with Gasteiger partial charge in [-0.15, -0.1) is 0 Å². The summed E-state index contributed by atoms with van der Waals surface area (Å²) in [6.45, 7) is 5.99. The van der Waals surface area contributed by atoms with Crippen molar-refractivity contribution in [1.29, 1.82) is 0 Å². The molecule has 98 valence electrons. The molecular weight excluding hydrogens is 232 g/mol. The van der Waals surface area contributed by atoms with Gasteiger partial charge in [0, 0.05) is 30.7 Å². The molecule has 0 aromatic carbocycles. The lowest BCUT2D eigenvalue weighted by Gasteiger charge is -2.39. The van der Waals surface area contributed by atoms with E-state index >= 15 is 0 Å². The maximum absolute atomic E-state index is 11.8. The molecule has 0 unspecified atom stereocenters. The Hall–Kier alpha value is -1.78. The van der Waals surface area contributed by atoms with Gasteiger partial charge in [-0.2, -0.15) is 0 Å². The summed E-state index contributed by atoms with van der Waals surface area (Å²) in [5.74, 6) is -0.206. The highest BCUT2D eigenvalue weighted by Gasteiger charge is 2.34. The second-order valence-corrected chi connectivity index (χ2v) is 5.33. The molecule has 1 amide bonds. The first-order valence-corrected chi connectivity index (χ1v) is 5.78. The number of carbonyl (C=O) groups is 1. The van der Waals surface area contributed by atoms with E-state index in [2.05, 4.69) is 4.98 Å². The molecule has 0 bridgehead atoms. The van der Waals surface area contributed by atoms with E-state index in [-0.39, 0.29) is 18.0 Å². The first-order chi connectivity index (χ1) is 9.60. The van der Waals surface area contributed by atoms with Gasteiger partial charge in [-0.05, 0) is 26.8 Å². The maximum atomic E-state index is 11.8. The maximum Gasteiger partial charge on any atom is 0.410 e. The van der Waals surface area contributed by atoms with Crippen molar-refractivity contribution < 1.29 is 13.6 Å². The lowest BCUT2D eigenvalue weighted by atomic mass is 9.96. The van der Waals surface area contributed by atoms with Gasteiger partial charge in [0.15, 0.2) is 0 Å². The van der Waals surface area contributed by atoms with Gasteiger partial charge in [0.05, 0.1) is 4.11 Å². The number of H-pyrrole nitrogens is 1. The molecule has 1 aromatic heterocycles. The molecule has 0 spiro atoms. The molecule has 0 atom stereocenters. The number of likely N-dealkylation sites (tertiary alicyclic amines) is 1. The first-order valence-electron chi connectivity index (χ1n) is 7.28. The summed E-state index contributed by atoms with van der Waals surface area (Å²) >= 11 is 0. The van der Waals surface area contributed by atoms with Crippen LogP contribution in [0.25, 0.3) is 0 Å². The number of amides is 1. The van der Waals surface area contributed by atoms with Gasteiger partial charge in [-0.25, -0.2) is 4.79 Å². The van der Waals surface area contributed by atoms with E-state index in [0.29, 0.717) is 18.8 Å². The van der Waals surface area contributed by atoms with Crippen molar-refractivity contribution in [3.8, 4) is 0 Å². The standard InChI is InChI=1S/C13H18N2O3/c1-13(2,3)18-12(17)15-7-9(8-15)10-5-4-6-11(16)14-10/h4-6,9H,7-8H2,1-3H3,(H,14,16)/i4D,5D,6D. The van der Waals surface area contributed by atoms with Crippen LogP contribution in [0.2, 0.25) is 0 Å². The van der Waals surface area contributed by atoms with Crippen molar-refractivity contribution >= 4 is 6.09 Å². The van der Waals surface area contributed by atoms with Crippen LogP contribution in [0.3, 0.4) is 0 Å². The molecule has 5 nitrogen and oxygen atoms in total. The van der Waals surface area contributed by atoms with Crippen LogP contribution in [0.5, 0.6) is 0 Å². The van der Waals surface area contributed by atoms with E-state index in [1.165, 1.54) is 4.90 Å². The van der Waals surface area contributed by atoms with Crippen LogP contribution in [0.4, 0.5) is 4.79 Å². The minimum atomic E-state index is -0.679. The zero-order valence-electron chi connectivity index (χ0n) is 13.7. The van der Waals surface area contributed by atoms with E-state index in [9.17, 15) is 9.59 Å². The molecule has 0 radical (unpaired) electrons. The predicted molar refractivity (Wildman–Crippen MR) is 67.6 cm³/mol. The molecule has 2 rings (SSSR count). The first kappa shape index (κ1) is 9.19. The van der Waals surface area contributed by atoms with Crippen molar-refractivity contribution in [3.05, 3.63) is 34.2 Å². The summed E-state index contributed by atoms with van der Waals surface area (Å²) in [7, 11) is 0. The number of aromatic amines is 1. The smallest absolute Gasteiger partial charge is 0.410 e. The SMILES string of the molecule is [2H]c1c(C2CN(C(=O)OC(C)(C)C)C2)[nH]c(=O)c([2H])c1[2H]. The van der Waals surface area contributed by atoms with Crippen LogP contribution in [0.15, 0.2) is 22.9 Å². The Balaban J connectivity index is 2.09. The van der Waals surface area contributed by atoms with E-state index in [0.717, 1.165) is 0 Å². The number of nitrogens with zero attached hydrogens (tertiary/aromatic N) is 1. The topological polar surface area (TPSA) is 62.4 Å². The largest absolute Gasteiger partial charge is 0.444 e. The molecule has 5 heteroatoms. The average Bonchev–Trinajstić information content (AvgIpc) is 2.28. The van der Waals surface area contributed by atoms with Crippen molar-refractivity contribution in [2.24, 2.45) is 0 Å². The highest BCUT2D eigenvalue weighted by molar-refractivity contribution is 5.69. The van der Waals surface area contributed by atoms with Crippen LogP contribution in [-0.2, 0) is 4.74 Å². The molecule has 0 saturated carbocycles. The lowest BCUT2D eigenvalue weighted by Crippen LogP contribution is -2.50. The fraction of sp³-hybridized carbons (Fsp3) is 0.538. The Labute approximate surface area is 110 Å². The van der Waals surface area contributed by atoms with E-state index < -0.39 is 23.3 Å². The summed E-state index contributed by atoms with van der Waals surface area (Å²) in [6, 6.07) is -1.05. The van der Waals surface area contributed by atoms with Gasteiger partial charge < -0.3 is 14.6 Å². The van der Waals surface area contributed by atoms with Crippen molar-refractivity contribution in [2.75, 3.05) is 13.1 Å². The zero-order chi connectivity index (χ0) is 15.9. The number of rotatable bonds is 1. The predicted octanol–water partition coefficient (Wildman–Crippen LogP) is 1.71. The summed E-state index contributed by atoms with van der Waals surface area (Å²) < 4.78 is 28.0. The molecule has 1 N–H and O–H groups in total. The number of ether oxygens (including phenoxy) is 1. The second kappa shape index (κ2) is 4.48. The third-order valence-electron chi connectivity index (χ3n) is 2.56. The Bertz CT molecular complexity index is 631. The third-order valence-corrected chi connectivity index (χ3v) is 2.56. The van der Waals surface area contributed by atoms with Crippen molar-refractivity contribution in [1.82, 2.24) is 9.88 Å². The molecule has 1 saturated heterocycles. The van der Waals surface area contributed by atoms with Gasteiger partial charge in [0.25, 0.3) is 0 Å². The highest BCUT2D eigenvalue weighted by Crippen LogP contribution is 2.26. The number of pyridine rings is 1. The molecule has 1 aliphatic rings. The summed E-state index contributed by atoms with van der Waals surface area (Å²) in [5.41, 5.74) is -0.944. The van der Waals surface area contributed by atoms with Crippen LogP contribution >= 0.6 is 0 Å². The Kier molecular flexibility index (Phi) is 2.29. The average molecular weight is 253 g/mol. The van der Waals surface area contributed by atoms with Gasteiger partial charge in [0.1, 0.15) is 5.60 Å². The monoisotopic (exact) mass is 253 g/mol. The minimum absolute atomic E-state index is 0.159. The van der Waals surface area contributed by atoms with Crippen LogP contribution in [-0.4, -0.2) is 34.7 Å². The summed E-state index contributed by atoms with van der Waals surface area (Å²) in [4.78, 5) is 27.3. The van der Waals surface area contributed by atoms with Gasteiger partial charge in [-0.3, -0.25) is 4.79 Å². The Morgan fingerprint density at radius 2 is 2.17 bits per heavy atom. The van der Waals surface area contributed by atoms with E-state index in [1.54, 1.807) is 20.8 Å². The number of carbonyl (C=O) groups excluding carboxylic acids is 1. The van der Waals surface area contributed by atoms with Gasteiger partial charge in [-0.1, -0.05) is 6.04 Å². The quantitative estimate of drug-likeness (QED) is 0.828. The molecule has 1 fully saturated rings. The normalized spacial score (nSPS) is 18.6. The number of nitrogens with one attached hydrogen (secondary N) is 1. The van der Waals surface area contributed by atoms with E-state index in [1.807, 2.05) is 0 Å². The second-order valence-electron chi connectivity index (χ2n) is 5.33. The Morgan fingerprint density at radius 1 is 1.50 bits per heavy atom. The lowest BCUT2D eigenvalue weighted by molar-refractivity contribution is 0.00786. The summed E-state index contributed by atoms with van der Waals surface area (Å²) in [6.07, 6.45) is -0.434. The number of aromatic nitrogens is 1. The number of hydrogen-bond donors (Lipinski definition) is 1. The van der Waals surface area contributed by atoms with Gasteiger partial charge in [0.2, 0.25) is 5.56 Å². The van der Waals surface area contributed by atoms with Gasteiger partial charge >= 0.3 is 6.09 Å².